The number of hydrogen-bond donors (Lipinski definition) is 2. The largest absolute Gasteiger partial charge is 0.542 e. The van der Waals surface area contributed by atoms with Crippen LogP contribution in [0.25, 0.3) is 0 Å². The summed E-state index contributed by atoms with van der Waals surface area (Å²) in [5, 5.41) is 22.0. The summed E-state index contributed by atoms with van der Waals surface area (Å²) in [5.41, 5.74) is 2.29. The number of carbonyl (C=O) groups excluding carboxylic acids is 2. The lowest BCUT2D eigenvalue weighted by Gasteiger charge is -2.26. The molecule has 3 atom stereocenters. The van der Waals surface area contributed by atoms with E-state index in [-0.39, 0.29) is 17.9 Å². The van der Waals surface area contributed by atoms with Crippen LogP contribution in [0, 0.1) is 0 Å². The van der Waals surface area contributed by atoms with Gasteiger partial charge in [-0.1, -0.05) is 57.7 Å². The number of carbonyl (C=O) groups is 2. The maximum Gasteiger partial charge on any atom is 0.430 e. The highest BCUT2D eigenvalue weighted by atomic mass is 35.5. The average molecular weight is 563 g/mol. The van der Waals surface area contributed by atoms with Gasteiger partial charge in [0.15, 0.2) is 0 Å². The molecule has 2 aromatic rings. The normalized spacial score (nSPS) is 16.4. The fraction of sp³-hybridized carbons (Fsp3) is 0.304. The third kappa shape index (κ3) is 9.81. The highest BCUT2D eigenvalue weighted by molar-refractivity contribution is 8.13. The van der Waals surface area contributed by atoms with Crippen LogP contribution < -0.4 is 15.3 Å². The van der Waals surface area contributed by atoms with Crippen molar-refractivity contribution in [2.24, 2.45) is 10.2 Å². The monoisotopic (exact) mass is 562 g/mol. The Kier molecular flexibility index (Phi) is 11.2. The Morgan fingerprint density at radius 3 is 2.08 bits per heavy atom. The van der Waals surface area contributed by atoms with Crippen LogP contribution in [0.15, 0.2) is 58.7 Å². The van der Waals surface area contributed by atoms with Gasteiger partial charge in [-0.15, -0.1) is 0 Å². The second kappa shape index (κ2) is 13.6. The molecule has 2 aromatic carbocycles. The number of aliphatic carboxylic acids is 1. The van der Waals surface area contributed by atoms with Gasteiger partial charge < -0.3 is 15.2 Å². The third-order valence-corrected chi connectivity index (χ3v) is 6.56. The first-order chi connectivity index (χ1) is 16.9. The van der Waals surface area contributed by atoms with E-state index in [0.717, 1.165) is 27.6 Å². The number of amidine groups is 1. The van der Waals surface area contributed by atoms with Gasteiger partial charge in [0.2, 0.25) is 12.2 Å². The zero-order chi connectivity index (χ0) is 26.9. The summed E-state index contributed by atoms with van der Waals surface area (Å²) in [6.07, 6.45) is -2.72. The Bertz CT molecular complexity index is 1100. The second-order valence-electron chi connectivity index (χ2n) is 7.75. The van der Waals surface area contributed by atoms with Crippen LogP contribution in [0.4, 0.5) is 13.2 Å². The molecule has 1 unspecified atom stereocenters. The zero-order valence-electron chi connectivity index (χ0n) is 19.2. The Hall–Kier alpha value is -2.60. The SMILES string of the molecule is C[C@@H](NC(=O)CSC1=NN=C[NH+]1C)[C@H](Cc1ccc(Cl)cc1)c1ccc(Cl)cc1.O=C([O-])C(F)(F)F. The van der Waals surface area contributed by atoms with E-state index in [1.807, 2.05) is 62.5 Å². The molecule has 1 aliphatic heterocycles. The van der Waals surface area contributed by atoms with Crippen molar-refractivity contribution in [2.75, 3.05) is 12.8 Å². The summed E-state index contributed by atoms with van der Waals surface area (Å²) in [6, 6.07) is 15.6. The molecule has 1 heterocycles. The number of alkyl halides is 3. The van der Waals surface area contributed by atoms with E-state index in [4.69, 9.17) is 33.1 Å². The standard InChI is InChI=1S/C21H22Cl2N4OS.C2HF3O2/c1-14(25-20(28)12-29-21-26-24-13-27(21)2)19(16-5-9-18(23)10-6-16)11-15-3-7-17(22)8-4-15;3-2(4,5)1(6)7/h3-10,13-14,19H,11-12H2,1-2H3,(H,25,28);(H,6,7)/t14-,19+;/m1./s1. The van der Waals surface area contributed by atoms with Crippen LogP contribution in [-0.2, 0) is 16.0 Å². The molecule has 1 aliphatic rings. The van der Waals surface area contributed by atoms with Crippen molar-refractivity contribution in [3.05, 3.63) is 69.7 Å². The molecule has 0 radical (unpaired) electrons. The molecule has 1 amide bonds. The molecule has 0 saturated carbocycles. The first-order valence-electron chi connectivity index (χ1n) is 10.5. The molecular weight excluding hydrogens is 540 g/mol. The number of amides is 1. The van der Waals surface area contributed by atoms with E-state index in [1.165, 1.54) is 11.8 Å². The van der Waals surface area contributed by atoms with Crippen LogP contribution in [-0.4, -0.2) is 48.4 Å². The first kappa shape index (κ1) is 29.6. The summed E-state index contributed by atoms with van der Waals surface area (Å²) in [4.78, 5) is 22.3. The van der Waals surface area contributed by atoms with E-state index >= 15 is 0 Å². The van der Waals surface area contributed by atoms with E-state index < -0.39 is 12.1 Å². The number of benzene rings is 2. The van der Waals surface area contributed by atoms with Gasteiger partial charge in [-0.2, -0.15) is 13.2 Å². The van der Waals surface area contributed by atoms with Crippen LogP contribution >= 0.6 is 35.0 Å². The second-order valence-corrected chi connectivity index (χ2v) is 9.59. The molecule has 0 fully saturated rings. The Morgan fingerprint density at radius 1 is 1.08 bits per heavy atom. The van der Waals surface area contributed by atoms with Crippen molar-refractivity contribution in [3.63, 3.8) is 0 Å². The van der Waals surface area contributed by atoms with Gasteiger partial charge in [-0.05, 0) is 60.5 Å². The van der Waals surface area contributed by atoms with Crippen molar-refractivity contribution in [3.8, 4) is 0 Å². The number of nitrogens with one attached hydrogen (secondary N) is 2. The number of thioether (sulfide) groups is 1. The zero-order valence-corrected chi connectivity index (χ0v) is 21.5. The highest BCUT2D eigenvalue weighted by Gasteiger charge is 2.29. The minimum Gasteiger partial charge on any atom is -0.542 e. The van der Waals surface area contributed by atoms with Crippen molar-refractivity contribution >= 4 is 58.3 Å². The molecule has 194 valence electrons. The lowest BCUT2D eigenvalue weighted by molar-refractivity contribution is -0.658. The molecule has 0 bridgehead atoms. The number of hydrogen-bond acceptors (Lipinski definition) is 6. The number of carboxylic acid groups (broad SMARTS) is 1. The van der Waals surface area contributed by atoms with Gasteiger partial charge in [0.1, 0.15) is 5.97 Å². The molecule has 0 saturated heterocycles. The lowest BCUT2D eigenvalue weighted by Crippen LogP contribution is -3.09. The predicted octanol–water partition coefficient (Wildman–Crippen LogP) is 2.68. The Balaban J connectivity index is 0.000000572. The quantitative estimate of drug-likeness (QED) is 0.542. The lowest BCUT2D eigenvalue weighted by atomic mass is 9.86. The molecule has 0 aliphatic carbocycles. The smallest absolute Gasteiger partial charge is 0.430 e. The topological polar surface area (TPSA) is 98.4 Å². The summed E-state index contributed by atoms with van der Waals surface area (Å²) >= 11 is 13.5. The van der Waals surface area contributed by atoms with Crippen LogP contribution in [0.2, 0.25) is 10.0 Å². The predicted molar refractivity (Wildman–Crippen MR) is 133 cm³/mol. The van der Waals surface area contributed by atoms with Gasteiger partial charge >= 0.3 is 6.18 Å². The summed E-state index contributed by atoms with van der Waals surface area (Å²) in [7, 11) is 1.94. The summed E-state index contributed by atoms with van der Waals surface area (Å²) < 4.78 is 31.5. The maximum absolute atomic E-state index is 12.5. The molecular formula is C23H23Cl2F3N4O3S. The Labute approximate surface area is 220 Å². The van der Waals surface area contributed by atoms with Crippen molar-refractivity contribution < 1.29 is 32.8 Å². The Morgan fingerprint density at radius 2 is 1.61 bits per heavy atom. The van der Waals surface area contributed by atoms with Gasteiger partial charge in [-0.25, -0.2) is 4.90 Å². The fourth-order valence-electron chi connectivity index (χ4n) is 3.14. The summed E-state index contributed by atoms with van der Waals surface area (Å²) in [5.74, 6) is -2.63. The molecule has 3 rings (SSSR count). The molecule has 13 heteroatoms. The van der Waals surface area contributed by atoms with Gasteiger partial charge in [0.05, 0.1) is 12.8 Å². The molecule has 2 N–H and O–H groups in total. The van der Waals surface area contributed by atoms with Crippen LogP contribution in [0.5, 0.6) is 0 Å². The molecule has 36 heavy (non-hydrogen) atoms. The first-order valence-corrected chi connectivity index (χ1v) is 12.3. The fourth-order valence-corrected chi connectivity index (χ4v) is 4.13. The van der Waals surface area contributed by atoms with Crippen molar-refractivity contribution in [1.29, 1.82) is 0 Å². The number of rotatable bonds is 7. The van der Waals surface area contributed by atoms with Gasteiger partial charge in [-0.3, -0.25) is 4.79 Å². The minimum atomic E-state index is -5.19. The average Bonchev–Trinajstić information content (AvgIpc) is 3.22. The number of halogens is 5. The van der Waals surface area contributed by atoms with Crippen molar-refractivity contribution in [1.82, 2.24) is 5.32 Å². The number of carboxylic acids is 1. The van der Waals surface area contributed by atoms with E-state index in [0.29, 0.717) is 15.8 Å². The van der Waals surface area contributed by atoms with Gasteiger partial charge in [0, 0.05) is 22.0 Å². The molecule has 7 nitrogen and oxygen atoms in total. The van der Waals surface area contributed by atoms with E-state index in [1.54, 1.807) is 6.34 Å². The molecule has 0 spiro atoms. The van der Waals surface area contributed by atoms with Crippen LogP contribution in [0.3, 0.4) is 0 Å². The highest BCUT2D eigenvalue weighted by Crippen LogP contribution is 2.27. The van der Waals surface area contributed by atoms with E-state index in [2.05, 4.69) is 15.5 Å². The van der Waals surface area contributed by atoms with Gasteiger partial charge in [0.25, 0.3) is 5.17 Å². The number of quaternary nitrogens is 1. The molecule has 0 aromatic heterocycles. The van der Waals surface area contributed by atoms with Crippen molar-refractivity contribution in [2.45, 2.75) is 31.5 Å². The van der Waals surface area contributed by atoms with Crippen LogP contribution in [0.1, 0.15) is 24.0 Å². The third-order valence-electron chi connectivity index (χ3n) is 4.97. The minimum absolute atomic E-state index is 0.0278. The maximum atomic E-state index is 12.5. The summed E-state index contributed by atoms with van der Waals surface area (Å²) in [6.45, 7) is 2.03. The van der Waals surface area contributed by atoms with E-state index in [9.17, 15) is 18.0 Å². The number of nitrogens with zero attached hydrogens (tertiary/aromatic N) is 2.